The minimum Gasteiger partial charge on any atom is -0.388 e. The third-order valence-electron chi connectivity index (χ3n) is 3.56. The monoisotopic (exact) mass is 330 g/mol. The lowest BCUT2D eigenvalue weighted by Crippen LogP contribution is -2.66. The molecule has 0 aliphatic carbocycles. The van der Waals surface area contributed by atoms with Crippen molar-refractivity contribution in [3.8, 4) is 0 Å². The topological polar surface area (TPSA) is 85.5 Å². The van der Waals surface area contributed by atoms with Gasteiger partial charge in [-0.25, -0.2) is 0 Å². The van der Waals surface area contributed by atoms with Gasteiger partial charge in [-0.1, -0.05) is 11.8 Å². The van der Waals surface area contributed by atoms with Crippen LogP contribution in [0.2, 0.25) is 0 Å². The first-order chi connectivity index (χ1) is 9.46. The van der Waals surface area contributed by atoms with E-state index in [0.717, 1.165) is 11.8 Å². The number of aliphatic hydroxyl groups excluding tert-OH is 2. The second-order valence-corrected chi connectivity index (χ2v) is 6.53. The summed E-state index contributed by atoms with van der Waals surface area (Å²) in [4.78, 5) is 5.75. The van der Waals surface area contributed by atoms with E-state index in [1.807, 2.05) is 0 Å². The third kappa shape index (κ3) is 2.74. The van der Waals surface area contributed by atoms with E-state index in [4.69, 9.17) is 4.74 Å². The van der Waals surface area contributed by atoms with Crippen LogP contribution in [0.15, 0.2) is 4.99 Å². The molecule has 6 nitrogen and oxygen atoms in total. The molecule has 0 spiro atoms. The van der Waals surface area contributed by atoms with Crippen LogP contribution in [0, 0.1) is 0 Å². The SMILES string of the molecule is CN(C)C1=N[C@@H]2[C@@H](O)[C@H](O)[C@@H]([C@@](C)(O)C(F)(F)F)O[C@@H]2S1. The minimum atomic E-state index is -5.00. The fraction of sp³-hybridized carbons (Fsp3) is 0.909. The van der Waals surface area contributed by atoms with Crippen molar-refractivity contribution in [2.75, 3.05) is 14.1 Å². The molecule has 122 valence electrons. The zero-order valence-corrected chi connectivity index (χ0v) is 12.4. The number of ether oxygens (including phenoxy) is 1. The molecule has 2 rings (SSSR count). The predicted molar refractivity (Wildman–Crippen MR) is 69.9 cm³/mol. The molecule has 0 amide bonds. The van der Waals surface area contributed by atoms with E-state index < -0.39 is 41.6 Å². The van der Waals surface area contributed by atoms with Crippen molar-refractivity contribution in [3.05, 3.63) is 0 Å². The van der Waals surface area contributed by atoms with Crippen LogP contribution in [0.5, 0.6) is 0 Å². The van der Waals surface area contributed by atoms with Crippen molar-refractivity contribution >= 4 is 16.9 Å². The Kier molecular flexibility index (Phi) is 4.22. The second kappa shape index (κ2) is 5.27. The second-order valence-electron chi connectivity index (χ2n) is 5.47. The molecule has 2 aliphatic heterocycles. The smallest absolute Gasteiger partial charge is 0.388 e. The highest BCUT2D eigenvalue weighted by molar-refractivity contribution is 8.14. The van der Waals surface area contributed by atoms with Crippen molar-refractivity contribution < 1.29 is 33.2 Å². The van der Waals surface area contributed by atoms with E-state index in [2.05, 4.69) is 4.99 Å². The van der Waals surface area contributed by atoms with Crippen molar-refractivity contribution in [1.29, 1.82) is 0 Å². The molecule has 0 unspecified atom stereocenters. The number of rotatable bonds is 1. The number of halogens is 3. The van der Waals surface area contributed by atoms with Crippen molar-refractivity contribution in [2.45, 2.75) is 48.5 Å². The maximum absolute atomic E-state index is 12.9. The molecule has 0 aromatic rings. The molecule has 10 heteroatoms. The van der Waals surface area contributed by atoms with Crippen LogP contribution in [0.25, 0.3) is 0 Å². The summed E-state index contributed by atoms with van der Waals surface area (Å²) in [6, 6.07) is -0.873. The molecule has 2 aliphatic rings. The fourth-order valence-electron chi connectivity index (χ4n) is 2.19. The summed E-state index contributed by atoms with van der Waals surface area (Å²) in [6.45, 7) is 0.515. The molecular weight excluding hydrogens is 313 g/mol. The Morgan fingerprint density at radius 2 is 1.81 bits per heavy atom. The number of fused-ring (bicyclic) bond motifs is 1. The Morgan fingerprint density at radius 1 is 1.24 bits per heavy atom. The first-order valence-electron chi connectivity index (χ1n) is 6.19. The maximum Gasteiger partial charge on any atom is 0.419 e. The molecular formula is C11H17F3N2O4S. The zero-order chi connectivity index (χ0) is 16.2. The Morgan fingerprint density at radius 3 is 2.29 bits per heavy atom. The van der Waals surface area contributed by atoms with Gasteiger partial charge in [-0.15, -0.1) is 0 Å². The quantitative estimate of drug-likeness (QED) is 0.616. The van der Waals surface area contributed by atoms with E-state index in [1.165, 1.54) is 0 Å². The average molecular weight is 330 g/mol. The van der Waals surface area contributed by atoms with Crippen LogP contribution >= 0.6 is 11.8 Å². The van der Waals surface area contributed by atoms with Crippen LogP contribution in [0.3, 0.4) is 0 Å². The van der Waals surface area contributed by atoms with Gasteiger partial charge in [0.1, 0.15) is 29.8 Å². The van der Waals surface area contributed by atoms with Crippen molar-refractivity contribution in [2.24, 2.45) is 4.99 Å². The molecule has 1 fully saturated rings. The summed E-state index contributed by atoms with van der Waals surface area (Å²) in [5, 5.41) is 30.0. The van der Waals surface area contributed by atoms with Gasteiger partial charge in [0.2, 0.25) is 0 Å². The van der Waals surface area contributed by atoms with E-state index in [0.29, 0.717) is 12.1 Å². The van der Waals surface area contributed by atoms with Gasteiger partial charge in [0.15, 0.2) is 10.8 Å². The van der Waals surface area contributed by atoms with Gasteiger partial charge >= 0.3 is 6.18 Å². The summed E-state index contributed by atoms with van der Waals surface area (Å²) >= 11 is 1.04. The predicted octanol–water partition coefficient (Wildman–Crippen LogP) is -0.221. The molecule has 0 radical (unpaired) electrons. The maximum atomic E-state index is 12.9. The highest BCUT2D eigenvalue weighted by atomic mass is 32.2. The number of alkyl halides is 3. The number of aliphatic hydroxyl groups is 3. The van der Waals surface area contributed by atoms with Crippen molar-refractivity contribution in [1.82, 2.24) is 4.90 Å². The number of hydrogen-bond acceptors (Lipinski definition) is 7. The van der Waals surface area contributed by atoms with E-state index >= 15 is 0 Å². The molecule has 0 saturated carbocycles. The Labute approximate surface area is 123 Å². The summed E-state index contributed by atoms with van der Waals surface area (Å²) in [5.74, 6) is 0. The Bertz CT molecular complexity index is 444. The molecule has 6 atom stereocenters. The van der Waals surface area contributed by atoms with E-state index in [9.17, 15) is 28.5 Å². The first-order valence-corrected chi connectivity index (χ1v) is 7.07. The van der Waals surface area contributed by atoms with Crippen LogP contribution < -0.4 is 0 Å². The van der Waals surface area contributed by atoms with Gasteiger partial charge in [0.05, 0.1) is 0 Å². The van der Waals surface area contributed by atoms with Gasteiger partial charge in [0, 0.05) is 14.1 Å². The summed E-state index contributed by atoms with van der Waals surface area (Å²) < 4.78 is 43.9. The lowest BCUT2D eigenvalue weighted by molar-refractivity contribution is -0.317. The number of nitrogens with zero attached hydrogens (tertiary/aromatic N) is 2. The molecule has 1 saturated heterocycles. The van der Waals surface area contributed by atoms with Crippen LogP contribution in [-0.4, -0.2) is 81.0 Å². The van der Waals surface area contributed by atoms with Gasteiger partial charge in [0.25, 0.3) is 0 Å². The molecule has 0 aromatic heterocycles. The lowest BCUT2D eigenvalue weighted by atomic mass is 9.87. The van der Waals surface area contributed by atoms with Gasteiger partial charge < -0.3 is 25.0 Å². The third-order valence-corrected chi connectivity index (χ3v) is 4.86. The number of amidine groups is 1. The molecule has 2 heterocycles. The highest BCUT2D eigenvalue weighted by Crippen LogP contribution is 2.43. The van der Waals surface area contributed by atoms with Crippen LogP contribution in [0.1, 0.15) is 6.92 Å². The zero-order valence-electron chi connectivity index (χ0n) is 11.6. The van der Waals surface area contributed by atoms with Gasteiger partial charge in [-0.05, 0) is 6.92 Å². The highest BCUT2D eigenvalue weighted by Gasteiger charge is 2.62. The van der Waals surface area contributed by atoms with Crippen molar-refractivity contribution in [3.63, 3.8) is 0 Å². The van der Waals surface area contributed by atoms with Gasteiger partial charge in [-0.2, -0.15) is 13.2 Å². The summed E-state index contributed by atoms with van der Waals surface area (Å²) in [6.07, 6.45) is -10.4. The van der Waals surface area contributed by atoms with Crippen LogP contribution in [-0.2, 0) is 4.74 Å². The Balaban J connectivity index is 2.25. The fourth-order valence-corrected chi connectivity index (χ4v) is 3.33. The Hall–Kier alpha value is -0.550. The largest absolute Gasteiger partial charge is 0.419 e. The van der Waals surface area contributed by atoms with E-state index in [1.54, 1.807) is 19.0 Å². The minimum absolute atomic E-state index is 0.476. The first kappa shape index (κ1) is 16.8. The number of thioether (sulfide) groups is 1. The normalized spacial score (nSPS) is 39.5. The average Bonchev–Trinajstić information content (AvgIpc) is 2.76. The summed E-state index contributed by atoms with van der Waals surface area (Å²) in [7, 11) is 3.38. The number of hydrogen-bond donors (Lipinski definition) is 3. The lowest BCUT2D eigenvalue weighted by Gasteiger charge is -2.44. The van der Waals surface area contributed by atoms with E-state index in [-0.39, 0.29) is 0 Å². The van der Waals surface area contributed by atoms with Crippen LogP contribution in [0.4, 0.5) is 13.2 Å². The van der Waals surface area contributed by atoms with Gasteiger partial charge in [-0.3, -0.25) is 4.99 Å². The standard InChI is InChI=1S/C11H17F3N2O4S/c1-10(19,11(12,13)14)7-6(18)5(17)4-8(20-7)21-9(15-4)16(2)3/h4-8,17-19H,1-3H3/t4-,5-,6+,7+,8-,10-/m1/s1. The molecule has 21 heavy (non-hydrogen) atoms. The summed E-state index contributed by atoms with van der Waals surface area (Å²) in [5.41, 5.74) is -4.17. The molecule has 3 N–H and O–H groups in total. The molecule has 0 bridgehead atoms. The number of aliphatic imine (C=N–C) groups is 1. The molecule has 0 aromatic carbocycles.